The number of allylic oxidation sites excluding steroid dienone is 3. The Kier molecular flexibility index (Phi) is 3.12. The highest BCUT2D eigenvalue weighted by atomic mass is 32.1. The lowest BCUT2D eigenvalue weighted by atomic mass is 10.2. The highest BCUT2D eigenvalue weighted by Crippen LogP contribution is 2.13. The van der Waals surface area contributed by atoms with Crippen molar-refractivity contribution in [2.75, 3.05) is 0 Å². The van der Waals surface area contributed by atoms with Gasteiger partial charge in [0.05, 0.1) is 0 Å². The van der Waals surface area contributed by atoms with Gasteiger partial charge < -0.3 is 0 Å². The Hall–Kier alpha value is -0.820. The molecule has 0 spiro atoms. The highest BCUT2D eigenvalue weighted by Gasteiger charge is 1.86. The second kappa shape index (κ2) is 4.14. The van der Waals surface area contributed by atoms with E-state index in [0.717, 1.165) is 0 Å². The Morgan fingerprint density at radius 2 is 2.36 bits per heavy atom. The van der Waals surface area contributed by atoms with Gasteiger partial charge in [0.2, 0.25) is 0 Å². The van der Waals surface area contributed by atoms with E-state index in [1.54, 1.807) is 11.3 Å². The van der Waals surface area contributed by atoms with Gasteiger partial charge in [0.25, 0.3) is 0 Å². The number of thiophene rings is 1. The largest absolute Gasteiger partial charge is 0.144 e. The van der Waals surface area contributed by atoms with Crippen LogP contribution in [0.4, 0.5) is 0 Å². The van der Waals surface area contributed by atoms with Crippen molar-refractivity contribution in [1.29, 1.82) is 0 Å². The lowest BCUT2D eigenvalue weighted by Crippen LogP contribution is -1.65. The Labute approximate surface area is 71.9 Å². The number of hydrogen-bond donors (Lipinski definition) is 0. The zero-order valence-corrected chi connectivity index (χ0v) is 7.69. The van der Waals surface area contributed by atoms with Gasteiger partial charge in [-0.15, -0.1) is 11.3 Å². The Bertz CT molecular complexity index is 252. The van der Waals surface area contributed by atoms with E-state index in [9.17, 15) is 0 Å². The van der Waals surface area contributed by atoms with Gasteiger partial charge in [0.15, 0.2) is 0 Å². The third-order valence-corrected chi connectivity index (χ3v) is 2.16. The molecule has 1 heterocycles. The molecule has 0 atom stereocenters. The monoisotopic (exact) mass is 164 g/mol. The van der Waals surface area contributed by atoms with E-state index in [4.69, 9.17) is 0 Å². The molecule has 1 rings (SSSR count). The van der Waals surface area contributed by atoms with Crippen molar-refractivity contribution in [3.63, 3.8) is 0 Å². The Balaban J connectivity index is 2.73. The number of rotatable bonds is 2. The highest BCUT2D eigenvalue weighted by molar-refractivity contribution is 7.10. The molecule has 0 fully saturated rings. The first kappa shape index (κ1) is 8.28. The van der Waals surface area contributed by atoms with Gasteiger partial charge in [-0.3, -0.25) is 0 Å². The maximum Gasteiger partial charge on any atom is 0.0272 e. The summed E-state index contributed by atoms with van der Waals surface area (Å²) in [5, 5.41) is 2.09. The molecule has 0 aromatic carbocycles. The van der Waals surface area contributed by atoms with E-state index in [1.165, 1.54) is 10.5 Å². The number of hydrogen-bond acceptors (Lipinski definition) is 1. The maximum absolute atomic E-state index is 2.19. The van der Waals surface area contributed by atoms with Gasteiger partial charge in [-0.1, -0.05) is 23.8 Å². The average molecular weight is 164 g/mol. The minimum Gasteiger partial charge on any atom is -0.144 e. The lowest BCUT2D eigenvalue weighted by Gasteiger charge is -1.88. The average Bonchev–Trinajstić information content (AvgIpc) is 2.40. The summed E-state index contributed by atoms with van der Waals surface area (Å²) in [4.78, 5) is 1.32. The van der Waals surface area contributed by atoms with Crippen molar-refractivity contribution >= 4 is 17.4 Å². The quantitative estimate of drug-likeness (QED) is 0.584. The predicted molar refractivity (Wildman–Crippen MR) is 52.8 cm³/mol. The van der Waals surface area contributed by atoms with E-state index in [2.05, 4.69) is 42.7 Å². The van der Waals surface area contributed by atoms with Crippen molar-refractivity contribution < 1.29 is 0 Å². The molecule has 1 aromatic heterocycles. The molecule has 11 heavy (non-hydrogen) atoms. The molecule has 0 N–H and O–H groups in total. The first-order valence-corrected chi connectivity index (χ1v) is 4.55. The van der Waals surface area contributed by atoms with Crippen LogP contribution in [0.25, 0.3) is 6.08 Å². The molecule has 0 nitrogen and oxygen atoms in total. The summed E-state index contributed by atoms with van der Waals surface area (Å²) < 4.78 is 0. The van der Waals surface area contributed by atoms with Crippen LogP contribution in [0.15, 0.2) is 35.2 Å². The van der Waals surface area contributed by atoms with Crippen LogP contribution >= 0.6 is 11.3 Å². The van der Waals surface area contributed by atoms with Crippen molar-refractivity contribution in [3.8, 4) is 0 Å². The summed E-state index contributed by atoms with van der Waals surface area (Å²) in [5.41, 5.74) is 1.30. The van der Waals surface area contributed by atoms with Crippen molar-refractivity contribution in [2.24, 2.45) is 0 Å². The van der Waals surface area contributed by atoms with E-state index in [-0.39, 0.29) is 0 Å². The van der Waals surface area contributed by atoms with E-state index < -0.39 is 0 Å². The van der Waals surface area contributed by atoms with Crippen molar-refractivity contribution in [3.05, 3.63) is 40.1 Å². The molecular formula is C10H12S. The molecule has 0 amide bonds. The molecule has 1 aromatic rings. The SMILES string of the molecule is C/C=C\C(C)=C/c1cccs1. The molecule has 1 heteroatoms. The molecule has 0 saturated heterocycles. The van der Waals surface area contributed by atoms with Crippen molar-refractivity contribution in [1.82, 2.24) is 0 Å². The lowest BCUT2D eigenvalue weighted by molar-refractivity contribution is 1.54. The van der Waals surface area contributed by atoms with E-state index in [1.807, 2.05) is 6.92 Å². The molecule has 0 saturated carbocycles. The van der Waals surface area contributed by atoms with Crippen LogP contribution in [0.2, 0.25) is 0 Å². The van der Waals surface area contributed by atoms with Crippen LogP contribution in [-0.2, 0) is 0 Å². The molecule has 0 unspecified atom stereocenters. The molecule has 0 aliphatic heterocycles. The van der Waals surface area contributed by atoms with Gasteiger partial charge in [-0.2, -0.15) is 0 Å². The molecule has 58 valence electrons. The topological polar surface area (TPSA) is 0 Å². The zero-order chi connectivity index (χ0) is 8.10. The van der Waals surface area contributed by atoms with Crippen LogP contribution in [0.5, 0.6) is 0 Å². The third kappa shape index (κ3) is 2.72. The van der Waals surface area contributed by atoms with Crippen LogP contribution < -0.4 is 0 Å². The van der Waals surface area contributed by atoms with Gasteiger partial charge in [-0.05, 0) is 31.4 Å². The molecular weight excluding hydrogens is 152 g/mol. The van der Waals surface area contributed by atoms with Crippen LogP contribution in [0.3, 0.4) is 0 Å². The molecule has 0 aliphatic carbocycles. The first-order chi connectivity index (χ1) is 5.33. The van der Waals surface area contributed by atoms with Crippen LogP contribution in [0, 0.1) is 0 Å². The summed E-state index contributed by atoms with van der Waals surface area (Å²) in [6, 6.07) is 4.19. The fourth-order valence-corrected chi connectivity index (χ4v) is 1.63. The summed E-state index contributed by atoms with van der Waals surface area (Å²) in [5.74, 6) is 0. The van der Waals surface area contributed by atoms with E-state index >= 15 is 0 Å². The predicted octanol–water partition coefficient (Wildman–Crippen LogP) is 3.73. The van der Waals surface area contributed by atoms with Gasteiger partial charge in [-0.25, -0.2) is 0 Å². The standard InChI is InChI=1S/C10H12S/c1-3-5-9(2)8-10-6-4-7-11-10/h3-8H,1-2H3/b5-3-,9-8-. The zero-order valence-electron chi connectivity index (χ0n) is 6.87. The maximum atomic E-state index is 2.19. The summed E-state index contributed by atoms with van der Waals surface area (Å²) >= 11 is 1.77. The second-order valence-electron chi connectivity index (χ2n) is 2.40. The second-order valence-corrected chi connectivity index (χ2v) is 3.38. The fraction of sp³-hybridized carbons (Fsp3) is 0.200. The summed E-state index contributed by atoms with van der Waals surface area (Å²) in [7, 11) is 0. The summed E-state index contributed by atoms with van der Waals surface area (Å²) in [6.07, 6.45) is 6.35. The Morgan fingerprint density at radius 1 is 1.55 bits per heavy atom. The van der Waals surface area contributed by atoms with Crippen LogP contribution in [0.1, 0.15) is 18.7 Å². The van der Waals surface area contributed by atoms with Gasteiger partial charge in [0.1, 0.15) is 0 Å². The minimum atomic E-state index is 1.30. The van der Waals surface area contributed by atoms with Crippen molar-refractivity contribution in [2.45, 2.75) is 13.8 Å². The smallest absolute Gasteiger partial charge is 0.0272 e. The molecule has 0 radical (unpaired) electrons. The fourth-order valence-electron chi connectivity index (χ4n) is 0.909. The van der Waals surface area contributed by atoms with Gasteiger partial charge >= 0.3 is 0 Å². The normalized spacial score (nSPS) is 12.7. The third-order valence-electron chi connectivity index (χ3n) is 1.34. The molecule has 0 bridgehead atoms. The van der Waals surface area contributed by atoms with Crippen LogP contribution in [-0.4, -0.2) is 0 Å². The first-order valence-electron chi connectivity index (χ1n) is 3.67. The Morgan fingerprint density at radius 3 is 2.91 bits per heavy atom. The van der Waals surface area contributed by atoms with E-state index in [0.29, 0.717) is 0 Å². The minimum absolute atomic E-state index is 1.30. The van der Waals surface area contributed by atoms with Gasteiger partial charge in [0, 0.05) is 4.88 Å². The molecule has 0 aliphatic rings. The summed E-state index contributed by atoms with van der Waals surface area (Å²) in [6.45, 7) is 4.14.